The van der Waals surface area contributed by atoms with E-state index in [1.807, 2.05) is 12.3 Å². The van der Waals surface area contributed by atoms with Gasteiger partial charge >= 0.3 is 0 Å². The van der Waals surface area contributed by atoms with Gasteiger partial charge < -0.3 is 10.3 Å². The summed E-state index contributed by atoms with van der Waals surface area (Å²) in [7, 11) is 0. The number of aromatic amines is 1. The highest BCUT2D eigenvalue weighted by Gasteiger charge is 2.15. The minimum atomic E-state index is -0.456. The van der Waals surface area contributed by atoms with Crippen LogP contribution < -0.4 is 5.32 Å². The summed E-state index contributed by atoms with van der Waals surface area (Å²) in [5.41, 5.74) is 1.92. The van der Waals surface area contributed by atoms with Gasteiger partial charge in [0.25, 0.3) is 0 Å². The highest BCUT2D eigenvalue weighted by Crippen LogP contribution is 2.35. The van der Waals surface area contributed by atoms with E-state index in [0.29, 0.717) is 21.7 Å². The van der Waals surface area contributed by atoms with Crippen molar-refractivity contribution in [2.45, 2.75) is 6.42 Å². The van der Waals surface area contributed by atoms with Crippen LogP contribution in [0.25, 0.3) is 11.0 Å². The second-order valence-corrected chi connectivity index (χ2v) is 7.78. The van der Waals surface area contributed by atoms with Crippen molar-refractivity contribution in [3.05, 3.63) is 68.1 Å². The van der Waals surface area contributed by atoms with Gasteiger partial charge in [-0.3, -0.25) is 0 Å². The lowest BCUT2D eigenvalue weighted by atomic mass is 10.1. The van der Waals surface area contributed by atoms with Crippen molar-refractivity contribution in [1.82, 2.24) is 15.0 Å². The number of para-hydroxylation sites is 1. The number of nitrogens with zero attached hydrogens (tertiary/aromatic N) is 2. The lowest BCUT2D eigenvalue weighted by molar-refractivity contribution is 0.632. The fourth-order valence-electron chi connectivity index (χ4n) is 2.57. The first kappa shape index (κ1) is 17.5. The van der Waals surface area contributed by atoms with E-state index in [1.54, 1.807) is 18.3 Å². The molecule has 0 amide bonds. The summed E-state index contributed by atoms with van der Waals surface area (Å²) in [5.74, 6) is -0.456. The third-order valence-corrected chi connectivity index (χ3v) is 5.70. The van der Waals surface area contributed by atoms with Crippen LogP contribution in [0.3, 0.4) is 0 Å². The van der Waals surface area contributed by atoms with Gasteiger partial charge in [0.2, 0.25) is 0 Å². The number of halogens is 4. The molecule has 4 aromatic rings. The monoisotopic (exact) mass is 426 g/mol. The molecule has 0 aliphatic heterocycles. The van der Waals surface area contributed by atoms with Crippen molar-refractivity contribution in [3.63, 3.8) is 0 Å². The van der Waals surface area contributed by atoms with Gasteiger partial charge in [-0.1, -0.05) is 52.2 Å². The molecule has 26 heavy (non-hydrogen) atoms. The number of aromatic nitrogens is 3. The number of fused-ring (bicyclic) bond motifs is 1. The van der Waals surface area contributed by atoms with Gasteiger partial charge in [-0.2, -0.15) is 0 Å². The quantitative estimate of drug-likeness (QED) is 0.393. The number of hydrogen-bond acceptors (Lipinski definition) is 4. The van der Waals surface area contributed by atoms with E-state index in [-0.39, 0.29) is 10.7 Å². The van der Waals surface area contributed by atoms with Crippen LogP contribution in [0.4, 0.5) is 15.2 Å². The minimum absolute atomic E-state index is 0.175. The zero-order valence-electron chi connectivity index (χ0n) is 13.0. The number of H-pyrrole nitrogens is 1. The molecule has 0 bridgehead atoms. The second kappa shape index (κ2) is 7.04. The highest BCUT2D eigenvalue weighted by molar-refractivity contribution is 7.16. The summed E-state index contributed by atoms with van der Waals surface area (Å²) in [5, 5.41) is 5.48. The van der Waals surface area contributed by atoms with E-state index < -0.39 is 5.82 Å². The SMILES string of the molecule is Fc1cccc(Cl)c1Nc1nc(Cl)c(Cc2c[nH]c3ncc(Cl)cc23)s1. The number of anilines is 2. The average Bonchev–Trinajstić information content (AvgIpc) is 3.15. The molecule has 0 saturated carbocycles. The number of benzene rings is 1. The Morgan fingerprint density at radius 1 is 1.23 bits per heavy atom. The molecule has 0 radical (unpaired) electrons. The van der Waals surface area contributed by atoms with Crippen molar-refractivity contribution in [2.75, 3.05) is 5.32 Å². The minimum Gasteiger partial charge on any atom is -0.346 e. The van der Waals surface area contributed by atoms with Crippen LogP contribution in [0, 0.1) is 5.82 Å². The first-order valence-corrected chi connectivity index (χ1v) is 9.44. The average molecular weight is 428 g/mol. The summed E-state index contributed by atoms with van der Waals surface area (Å²) in [6.45, 7) is 0. The van der Waals surface area contributed by atoms with Crippen LogP contribution in [0.1, 0.15) is 10.4 Å². The van der Waals surface area contributed by atoms with Crippen LogP contribution in [0.15, 0.2) is 36.7 Å². The number of nitrogens with one attached hydrogen (secondary N) is 2. The van der Waals surface area contributed by atoms with Gasteiger partial charge in [0, 0.05) is 24.2 Å². The standard InChI is InChI=1S/C17H10Cl3FN4S/c18-9-5-10-8(6-22-16(10)23-7-9)4-13-15(20)25-17(26-13)24-14-11(19)2-1-3-12(14)21/h1-3,5-7H,4H2,(H,22,23)(H,24,25). The van der Waals surface area contributed by atoms with E-state index in [9.17, 15) is 4.39 Å². The fourth-order valence-corrected chi connectivity index (χ4v) is 4.14. The molecular weight excluding hydrogens is 418 g/mol. The summed E-state index contributed by atoms with van der Waals surface area (Å²) >= 11 is 19.7. The van der Waals surface area contributed by atoms with E-state index >= 15 is 0 Å². The van der Waals surface area contributed by atoms with Crippen LogP contribution in [-0.4, -0.2) is 15.0 Å². The summed E-state index contributed by atoms with van der Waals surface area (Å²) in [6, 6.07) is 6.32. The first-order valence-electron chi connectivity index (χ1n) is 7.49. The maximum Gasteiger partial charge on any atom is 0.188 e. The number of thiazole rings is 1. The van der Waals surface area contributed by atoms with Gasteiger partial charge in [-0.05, 0) is 23.8 Å². The second-order valence-electron chi connectivity index (χ2n) is 5.50. The van der Waals surface area contributed by atoms with Crippen molar-refractivity contribution in [2.24, 2.45) is 0 Å². The maximum atomic E-state index is 13.9. The van der Waals surface area contributed by atoms with E-state index in [2.05, 4.69) is 20.3 Å². The Morgan fingerprint density at radius 3 is 2.88 bits per heavy atom. The third kappa shape index (κ3) is 3.38. The smallest absolute Gasteiger partial charge is 0.188 e. The normalized spacial score (nSPS) is 11.2. The molecule has 4 nitrogen and oxygen atoms in total. The van der Waals surface area contributed by atoms with Crippen molar-refractivity contribution >= 4 is 68.0 Å². The molecule has 0 spiro atoms. The molecule has 9 heteroatoms. The Morgan fingerprint density at radius 2 is 2.08 bits per heavy atom. The molecule has 0 aliphatic carbocycles. The molecule has 132 valence electrons. The van der Waals surface area contributed by atoms with Gasteiger partial charge in [0.15, 0.2) is 5.13 Å². The molecule has 3 heterocycles. The molecule has 0 saturated heterocycles. The zero-order chi connectivity index (χ0) is 18.3. The highest BCUT2D eigenvalue weighted by atomic mass is 35.5. The predicted molar refractivity (Wildman–Crippen MR) is 106 cm³/mol. The molecule has 3 aromatic heterocycles. The lowest BCUT2D eigenvalue weighted by Gasteiger charge is -2.05. The van der Waals surface area contributed by atoms with E-state index in [4.69, 9.17) is 34.8 Å². The van der Waals surface area contributed by atoms with Gasteiger partial charge in [-0.15, -0.1) is 0 Å². The summed E-state index contributed by atoms with van der Waals surface area (Å²) in [6.07, 6.45) is 4.00. The van der Waals surface area contributed by atoms with Crippen LogP contribution in [0.5, 0.6) is 0 Å². The van der Waals surface area contributed by atoms with Crippen LogP contribution in [0.2, 0.25) is 15.2 Å². The van der Waals surface area contributed by atoms with E-state index in [0.717, 1.165) is 21.5 Å². The maximum absolute atomic E-state index is 13.9. The summed E-state index contributed by atoms with van der Waals surface area (Å²) < 4.78 is 13.9. The topological polar surface area (TPSA) is 53.6 Å². The molecule has 0 fully saturated rings. The predicted octanol–water partition coefficient (Wildman–Crippen LogP) is 6.45. The van der Waals surface area contributed by atoms with Crippen molar-refractivity contribution in [3.8, 4) is 0 Å². The Bertz CT molecular complexity index is 1090. The van der Waals surface area contributed by atoms with Crippen LogP contribution >= 0.6 is 46.1 Å². The molecule has 0 atom stereocenters. The van der Waals surface area contributed by atoms with Gasteiger partial charge in [-0.25, -0.2) is 14.4 Å². The molecule has 1 aromatic carbocycles. The summed E-state index contributed by atoms with van der Waals surface area (Å²) in [4.78, 5) is 12.4. The Balaban J connectivity index is 1.63. The Labute approximate surface area is 167 Å². The van der Waals surface area contributed by atoms with Crippen LogP contribution in [-0.2, 0) is 6.42 Å². The Hall–Kier alpha value is -1.86. The van der Waals surface area contributed by atoms with Gasteiger partial charge in [0.05, 0.1) is 20.6 Å². The third-order valence-electron chi connectivity index (χ3n) is 3.78. The zero-order valence-corrected chi connectivity index (χ0v) is 16.1. The number of pyridine rings is 1. The number of hydrogen-bond donors (Lipinski definition) is 2. The largest absolute Gasteiger partial charge is 0.346 e. The number of rotatable bonds is 4. The lowest BCUT2D eigenvalue weighted by Crippen LogP contribution is -1.93. The van der Waals surface area contributed by atoms with Crippen molar-refractivity contribution < 1.29 is 4.39 Å². The van der Waals surface area contributed by atoms with Crippen molar-refractivity contribution in [1.29, 1.82) is 0 Å². The Kier molecular flexibility index (Phi) is 4.75. The van der Waals surface area contributed by atoms with E-state index in [1.165, 1.54) is 17.4 Å². The first-order chi connectivity index (χ1) is 12.5. The molecule has 0 aliphatic rings. The molecule has 0 unspecified atom stereocenters. The van der Waals surface area contributed by atoms with Gasteiger partial charge in [0.1, 0.15) is 16.6 Å². The molecule has 2 N–H and O–H groups in total. The molecule has 4 rings (SSSR count). The fraction of sp³-hybridized carbons (Fsp3) is 0.0588. The molecular formula is C17H10Cl3FN4S.